The van der Waals surface area contributed by atoms with Gasteiger partial charge in [-0.3, -0.25) is 0 Å². The first-order valence-corrected chi connectivity index (χ1v) is 8.63. The minimum absolute atomic E-state index is 0.472. The lowest BCUT2D eigenvalue weighted by molar-refractivity contribution is -0.277. The maximum Gasteiger partial charge on any atom is 0.229 e. The van der Waals surface area contributed by atoms with E-state index in [4.69, 9.17) is 9.47 Å². The summed E-state index contributed by atoms with van der Waals surface area (Å²) in [6.45, 7) is 3.87. The Labute approximate surface area is 148 Å². The third kappa shape index (κ3) is 5.52. The molecular weight excluding hydrogens is 324 g/mol. The summed E-state index contributed by atoms with van der Waals surface area (Å²) in [5.41, 5.74) is 1.13. The Balaban J connectivity index is 1.93. The standard InChI is InChI=1S/C19H28O6/c1-12(2)5-3-4-6-13-7-9-14(10-8-13)24-19-18(23)17(22)16(21)15(11-20)25-19/h3-4,7-10,12,15-23H,5-6,11H2,1-2H3/b4-3+. The van der Waals surface area contributed by atoms with Crippen LogP contribution in [-0.2, 0) is 11.2 Å². The van der Waals surface area contributed by atoms with Gasteiger partial charge in [0, 0.05) is 0 Å². The second kappa shape index (κ2) is 9.31. The zero-order valence-electron chi connectivity index (χ0n) is 14.7. The molecule has 1 aromatic carbocycles. The second-order valence-electron chi connectivity index (χ2n) is 6.76. The number of aliphatic hydroxyl groups is 4. The van der Waals surface area contributed by atoms with Gasteiger partial charge < -0.3 is 29.9 Å². The Kier molecular flexibility index (Phi) is 7.40. The first-order valence-electron chi connectivity index (χ1n) is 8.63. The summed E-state index contributed by atoms with van der Waals surface area (Å²) in [6, 6.07) is 7.35. The monoisotopic (exact) mass is 352 g/mol. The van der Waals surface area contributed by atoms with E-state index in [1.54, 1.807) is 12.1 Å². The first-order chi connectivity index (χ1) is 11.9. The van der Waals surface area contributed by atoms with Crippen LogP contribution in [0.3, 0.4) is 0 Å². The van der Waals surface area contributed by atoms with Gasteiger partial charge in [-0.05, 0) is 36.5 Å². The normalized spacial score (nSPS) is 30.1. The van der Waals surface area contributed by atoms with E-state index in [1.807, 2.05) is 12.1 Å². The van der Waals surface area contributed by atoms with Crippen molar-refractivity contribution in [3.8, 4) is 5.75 Å². The number of hydrogen-bond acceptors (Lipinski definition) is 6. The highest BCUT2D eigenvalue weighted by molar-refractivity contribution is 5.28. The molecule has 0 aromatic heterocycles. The summed E-state index contributed by atoms with van der Waals surface area (Å²) in [5.74, 6) is 1.12. The highest BCUT2D eigenvalue weighted by Gasteiger charge is 2.44. The Morgan fingerprint density at radius 2 is 1.72 bits per heavy atom. The molecule has 25 heavy (non-hydrogen) atoms. The highest BCUT2D eigenvalue weighted by atomic mass is 16.7. The first kappa shape index (κ1) is 19.9. The fourth-order valence-electron chi connectivity index (χ4n) is 2.59. The van der Waals surface area contributed by atoms with Crippen LogP contribution in [0.5, 0.6) is 5.75 Å². The zero-order chi connectivity index (χ0) is 18.4. The van der Waals surface area contributed by atoms with Gasteiger partial charge in [-0.25, -0.2) is 0 Å². The molecule has 1 fully saturated rings. The fourth-order valence-corrected chi connectivity index (χ4v) is 2.59. The highest BCUT2D eigenvalue weighted by Crippen LogP contribution is 2.24. The average molecular weight is 352 g/mol. The van der Waals surface area contributed by atoms with Gasteiger partial charge in [0.25, 0.3) is 0 Å². The van der Waals surface area contributed by atoms with Crippen molar-refractivity contribution in [1.29, 1.82) is 0 Å². The number of ether oxygens (including phenoxy) is 2. The van der Waals surface area contributed by atoms with Gasteiger partial charge in [-0.2, -0.15) is 0 Å². The number of allylic oxidation sites excluding steroid dienone is 2. The summed E-state index contributed by atoms with van der Waals surface area (Å²) >= 11 is 0. The SMILES string of the molecule is CC(C)C/C=C/Cc1ccc(OC2OC(CO)C(O)C(O)C2O)cc1. The lowest BCUT2D eigenvalue weighted by Crippen LogP contribution is -2.60. The van der Waals surface area contributed by atoms with Gasteiger partial charge in [0.15, 0.2) is 0 Å². The molecule has 2 rings (SSSR count). The molecule has 1 saturated heterocycles. The molecule has 0 amide bonds. The van der Waals surface area contributed by atoms with Crippen LogP contribution in [0.15, 0.2) is 36.4 Å². The Morgan fingerprint density at radius 1 is 1.04 bits per heavy atom. The summed E-state index contributed by atoms with van der Waals surface area (Å²) in [4.78, 5) is 0. The van der Waals surface area contributed by atoms with Crippen molar-refractivity contribution in [1.82, 2.24) is 0 Å². The van der Waals surface area contributed by atoms with Crippen LogP contribution < -0.4 is 4.74 Å². The summed E-state index contributed by atoms with van der Waals surface area (Å²) in [6.07, 6.45) is -0.194. The zero-order valence-corrected chi connectivity index (χ0v) is 14.7. The van der Waals surface area contributed by atoms with Crippen molar-refractivity contribution in [2.45, 2.75) is 57.4 Å². The number of aliphatic hydroxyl groups excluding tert-OH is 4. The van der Waals surface area contributed by atoms with E-state index in [0.29, 0.717) is 11.7 Å². The number of hydrogen-bond donors (Lipinski definition) is 4. The van der Waals surface area contributed by atoms with Crippen molar-refractivity contribution in [2.24, 2.45) is 5.92 Å². The van der Waals surface area contributed by atoms with Crippen LogP contribution in [0.25, 0.3) is 0 Å². The van der Waals surface area contributed by atoms with Gasteiger partial charge in [-0.15, -0.1) is 0 Å². The van der Waals surface area contributed by atoms with Crippen molar-refractivity contribution in [3.05, 3.63) is 42.0 Å². The van der Waals surface area contributed by atoms with Crippen molar-refractivity contribution in [2.75, 3.05) is 6.61 Å². The van der Waals surface area contributed by atoms with Crippen molar-refractivity contribution in [3.63, 3.8) is 0 Å². The maximum atomic E-state index is 9.97. The molecule has 0 aliphatic carbocycles. The van der Waals surface area contributed by atoms with Gasteiger partial charge in [0.05, 0.1) is 6.61 Å². The molecular formula is C19H28O6. The van der Waals surface area contributed by atoms with Crippen LogP contribution in [0, 0.1) is 5.92 Å². The van der Waals surface area contributed by atoms with Gasteiger partial charge in [0.2, 0.25) is 6.29 Å². The van der Waals surface area contributed by atoms with E-state index in [0.717, 1.165) is 18.4 Å². The molecule has 140 valence electrons. The molecule has 4 N–H and O–H groups in total. The number of rotatable bonds is 7. The van der Waals surface area contributed by atoms with Gasteiger partial charge >= 0.3 is 0 Å². The Morgan fingerprint density at radius 3 is 2.32 bits per heavy atom. The Hall–Kier alpha value is -1.44. The molecule has 5 atom stereocenters. The van der Waals surface area contributed by atoms with E-state index in [2.05, 4.69) is 26.0 Å². The molecule has 1 aromatic rings. The summed E-state index contributed by atoms with van der Waals surface area (Å²) in [5, 5.41) is 38.7. The third-order valence-electron chi connectivity index (χ3n) is 4.15. The number of benzene rings is 1. The van der Waals surface area contributed by atoms with Crippen LogP contribution >= 0.6 is 0 Å². The molecule has 1 heterocycles. The largest absolute Gasteiger partial charge is 0.462 e. The molecule has 0 saturated carbocycles. The third-order valence-corrected chi connectivity index (χ3v) is 4.15. The maximum absolute atomic E-state index is 9.97. The summed E-state index contributed by atoms with van der Waals surface area (Å²) in [7, 11) is 0. The molecule has 0 radical (unpaired) electrons. The predicted octanol–water partition coefficient (Wildman–Crippen LogP) is 1.01. The van der Waals surface area contributed by atoms with Crippen LogP contribution in [0.4, 0.5) is 0 Å². The van der Waals surface area contributed by atoms with E-state index in [1.165, 1.54) is 0 Å². The smallest absolute Gasteiger partial charge is 0.229 e. The quantitative estimate of drug-likeness (QED) is 0.547. The van der Waals surface area contributed by atoms with E-state index in [9.17, 15) is 20.4 Å². The lowest BCUT2D eigenvalue weighted by Gasteiger charge is -2.39. The topological polar surface area (TPSA) is 99.4 Å². The van der Waals surface area contributed by atoms with Gasteiger partial charge in [-0.1, -0.05) is 38.1 Å². The van der Waals surface area contributed by atoms with Crippen LogP contribution in [0.2, 0.25) is 0 Å². The summed E-state index contributed by atoms with van der Waals surface area (Å²) < 4.78 is 10.9. The second-order valence-corrected chi connectivity index (χ2v) is 6.76. The minimum atomic E-state index is -1.44. The van der Waals surface area contributed by atoms with Crippen molar-refractivity contribution < 1.29 is 29.9 Å². The van der Waals surface area contributed by atoms with E-state index >= 15 is 0 Å². The van der Waals surface area contributed by atoms with E-state index in [-0.39, 0.29) is 0 Å². The molecule has 6 nitrogen and oxygen atoms in total. The molecule has 0 spiro atoms. The minimum Gasteiger partial charge on any atom is -0.462 e. The molecule has 5 unspecified atom stereocenters. The van der Waals surface area contributed by atoms with Crippen molar-refractivity contribution >= 4 is 0 Å². The van der Waals surface area contributed by atoms with Crippen LogP contribution in [0.1, 0.15) is 25.8 Å². The molecule has 1 aliphatic rings. The average Bonchev–Trinajstić information content (AvgIpc) is 2.60. The molecule has 6 heteroatoms. The van der Waals surface area contributed by atoms with E-state index < -0.39 is 37.3 Å². The van der Waals surface area contributed by atoms with Gasteiger partial charge in [0.1, 0.15) is 30.2 Å². The fraction of sp³-hybridized carbons (Fsp3) is 0.579. The Bertz CT molecular complexity index is 539. The predicted molar refractivity (Wildman–Crippen MR) is 93.1 cm³/mol. The lowest BCUT2D eigenvalue weighted by atomic mass is 9.99. The van der Waals surface area contributed by atoms with Crippen LogP contribution in [-0.4, -0.2) is 57.7 Å². The molecule has 0 bridgehead atoms. The molecule has 1 aliphatic heterocycles.